The average molecular weight is 523 g/mol. The fourth-order valence-electron chi connectivity index (χ4n) is 4.46. The molecule has 3 aromatic rings. The Hall–Kier alpha value is -3.28. The lowest BCUT2D eigenvalue weighted by atomic mass is 9.98. The average Bonchev–Trinajstić information content (AvgIpc) is 2.90. The third kappa shape index (κ3) is 8.37. The molecule has 3 aromatic carbocycles. The van der Waals surface area contributed by atoms with E-state index in [1.54, 1.807) is 0 Å². The van der Waals surface area contributed by atoms with Gasteiger partial charge in [-0.2, -0.15) is 0 Å². The lowest BCUT2D eigenvalue weighted by molar-refractivity contribution is -0.147. The second-order valence-electron chi connectivity index (χ2n) is 9.90. The summed E-state index contributed by atoms with van der Waals surface area (Å²) in [6.07, 6.45) is 8.35. The number of unbranched alkanes of at least 4 members (excludes halogenated alkanes) is 6. The van der Waals surface area contributed by atoms with Gasteiger partial charge >= 0.3 is 11.9 Å². The number of rotatable bonds is 16. The van der Waals surface area contributed by atoms with Crippen LogP contribution in [0.4, 0.5) is 0 Å². The first-order valence-electron chi connectivity index (χ1n) is 14.0. The summed E-state index contributed by atoms with van der Waals surface area (Å²) in [5, 5.41) is 3.26. The molecule has 0 atom stereocenters. The Kier molecular flexibility index (Phi) is 11.7. The molecule has 3 rings (SSSR count). The molecule has 0 amide bonds. The number of aryl methyl sites for hydroxylation is 2. The first kappa shape index (κ1) is 29.3. The van der Waals surface area contributed by atoms with Gasteiger partial charge in [0, 0.05) is 21.5 Å². The molecule has 38 heavy (non-hydrogen) atoms. The summed E-state index contributed by atoms with van der Waals surface area (Å²) in [5.41, 5.74) is 2.09. The Morgan fingerprint density at radius 1 is 0.579 bits per heavy atom. The van der Waals surface area contributed by atoms with Crippen LogP contribution in [0, 0.1) is 13.8 Å². The second kappa shape index (κ2) is 15.2. The van der Waals surface area contributed by atoms with E-state index in [1.807, 2.05) is 50.2 Å². The topological polar surface area (TPSA) is 71.1 Å². The number of carbonyl (C=O) groups excluding carboxylic acids is 2. The summed E-state index contributed by atoms with van der Waals surface area (Å²) in [6, 6.07) is 12.0. The monoisotopic (exact) mass is 522 g/mol. The molecule has 0 aliphatic rings. The van der Waals surface area contributed by atoms with Gasteiger partial charge in [0.2, 0.25) is 0 Å². The molecule has 206 valence electrons. The van der Waals surface area contributed by atoms with Gasteiger partial charge in [-0.15, -0.1) is 0 Å². The first-order valence-corrected chi connectivity index (χ1v) is 14.0. The molecule has 0 saturated heterocycles. The molecule has 0 aromatic heterocycles. The Labute approximate surface area is 226 Å². The van der Waals surface area contributed by atoms with E-state index in [9.17, 15) is 9.59 Å². The van der Waals surface area contributed by atoms with Gasteiger partial charge < -0.3 is 18.9 Å². The second-order valence-corrected chi connectivity index (χ2v) is 9.90. The fraction of sp³-hybridized carbons (Fsp3) is 0.500. The van der Waals surface area contributed by atoms with Gasteiger partial charge in [0.15, 0.2) is 13.2 Å². The summed E-state index contributed by atoms with van der Waals surface area (Å²) < 4.78 is 23.0. The highest BCUT2D eigenvalue weighted by molar-refractivity contribution is 6.11. The maximum Gasteiger partial charge on any atom is 0.344 e. The van der Waals surface area contributed by atoms with Crippen molar-refractivity contribution in [3.8, 4) is 11.5 Å². The van der Waals surface area contributed by atoms with Crippen molar-refractivity contribution in [3.63, 3.8) is 0 Å². The van der Waals surface area contributed by atoms with Gasteiger partial charge in [0.05, 0.1) is 13.2 Å². The molecule has 0 bridgehead atoms. The van der Waals surface area contributed by atoms with Crippen LogP contribution >= 0.6 is 0 Å². The van der Waals surface area contributed by atoms with E-state index in [0.717, 1.165) is 84.0 Å². The standard InChI is InChI=1S/C32H42O6/c1-5-7-9-11-17-35-29(33)21-37-31-25-15-13-23(3)19-27(25)32(28-20-24(4)14-16-26(28)31)38-22-30(34)36-18-12-10-8-6-2/h13-16,19-20H,5-12,17-18,21-22H2,1-4H3. The number of benzene rings is 3. The molecule has 0 unspecified atom stereocenters. The Bertz CT molecular complexity index is 1150. The highest BCUT2D eigenvalue weighted by Crippen LogP contribution is 2.43. The maximum absolute atomic E-state index is 12.4. The maximum atomic E-state index is 12.4. The van der Waals surface area contributed by atoms with E-state index in [1.165, 1.54) is 0 Å². The summed E-state index contributed by atoms with van der Waals surface area (Å²) in [5.74, 6) is 0.439. The van der Waals surface area contributed by atoms with Gasteiger partial charge in [-0.3, -0.25) is 0 Å². The van der Waals surface area contributed by atoms with Crippen LogP contribution in [0.1, 0.15) is 76.3 Å². The Morgan fingerprint density at radius 3 is 1.42 bits per heavy atom. The fourth-order valence-corrected chi connectivity index (χ4v) is 4.46. The normalized spacial score (nSPS) is 11.1. The van der Waals surface area contributed by atoms with Crippen molar-refractivity contribution >= 4 is 33.5 Å². The van der Waals surface area contributed by atoms with Crippen LogP contribution in [-0.4, -0.2) is 38.4 Å². The van der Waals surface area contributed by atoms with Crippen LogP contribution in [0.5, 0.6) is 11.5 Å². The van der Waals surface area contributed by atoms with Gasteiger partial charge in [-0.25, -0.2) is 9.59 Å². The van der Waals surface area contributed by atoms with E-state index >= 15 is 0 Å². The van der Waals surface area contributed by atoms with Crippen LogP contribution in [0.3, 0.4) is 0 Å². The number of fused-ring (bicyclic) bond motifs is 2. The highest BCUT2D eigenvalue weighted by atomic mass is 16.6. The number of hydrogen-bond donors (Lipinski definition) is 0. The van der Waals surface area contributed by atoms with Gasteiger partial charge in [-0.05, 0) is 38.8 Å². The van der Waals surface area contributed by atoms with E-state index in [2.05, 4.69) is 13.8 Å². The lowest BCUT2D eigenvalue weighted by Crippen LogP contribution is -2.17. The van der Waals surface area contributed by atoms with E-state index in [4.69, 9.17) is 18.9 Å². The molecule has 0 fully saturated rings. The molecule has 6 heteroatoms. The molecular formula is C32H42O6. The summed E-state index contributed by atoms with van der Waals surface area (Å²) in [7, 11) is 0. The largest absolute Gasteiger partial charge is 0.481 e. The number of carbonyl (C=O) groups is 2. The van der Waals surface area contributed by atoms with E-state index < -0.39 is 0 Å². The Morgan fingerprint density at radius 2 is 1.00 bits per heavy atom. The molecule has 6 nitrogen and oxygen atoms in total. The summed E-state index contributed by atoms with van der Waals surface area (Å²) in [4.78, 5) is 24.8. The van der Waals surface area contributed by atoms with Gasteiger partial charge in [0.25, 0.3) is 0 Å². The quantitative estimate of drug-likeness (QED) is 0.109. The van der Waals surface area contributed by atoms with Crippen LogP contribution < -0.4 is 9.47 Å². The van der Waals surface area contributed by atoms with Crippen LogP contribution in [0.2, 0.25) is 0 Å². The van der Waals surface area contributed by atoms with Crippen molar-refractivity contribution in [2.45, 2.75) is 79.1 Å². The zero-order valence-corrected chi connectivity index (χ0v) is 23.4. The number of hydrogen-bond acceptors (Lipinski definition) is 6. The van der Waals surface area contributed by atoms with Crippen molar-refractivity contribution < 1.29 is 28.5 Å². The van der Waals surface area contributed by atoms with Crippen LogP contribution in [0.25, 0.3) is 21.5 Å². The number of ether oxygens (including phenoxy) is 4. The predicted molar refractivity (Wildman–Crippen MR) is 152 cm³/mol. The predicted octanol–water partition coefficient (Wildman–Crippen LogP) is 7.61. The van der Waals surface area contributed by atoms with Crippen LogP contribution in [0.15, 0.2) is 36.4 Å². The molecule has 0 aliphatic carbocycles. The van der Waals surface area contributed by atoms with Crippen molar-refractivity contribution in [1.82, 2.24) is 0 Å². The molecule has 0 heterocycles. The van der Waals surface area contributed by atoms with Crippen LogP contribution in [-0.2, 0) is 19.1 Å². The number of esters is 2. The molecule has 0 radical (unpaired) electrons. The van der Waals surface area contributed by atoms with E-state index in [0.29, 0.717) is 24.7 Å². The third-order valence-electron chi connectivity index (χ3n) is 6.52. The van der Waals surface area contributed by atoms with Crippen molar-refractivity contribution in [2.24, 2.45) is 0 Å². The van der Waals surface area contributed by atoms with Gasteiger partial charge in [-0.1, -0.05) is 87.8 Å². The van der Waals surface area contributed by atoms with Crippen molar-refractivity contribution in [2.75, 3.05) is 26.4 Å². The molecule has 0 aliphatic heterocycles. The van der Waals surface area contributed by atoms with Gasteiger partial charge in [0.1, 0.15) is 11.5 Å². The minimum atomic E-state index is -0.385. The van der Waals surface area contributed by atoms with Crippen molar-refractivity contribution in [1.29, 1.82) is 0 Å². The molecule has 0 saturated carbocycles. The highest BCUT2D eigenvalue weighted by Gasteiger charge is 2.19. The SMILES string of the molecule is CCCCCCOC(=O)COc1c2ccc(C)cc2c(OCC(=O)OCCCCCC)c2cc(C)ccc12. The van der Waals surface area contributed by atoms with E-state index in [-0.39, 0.29) is 25.2 Å². The first-order chi connectivity index (χ1) is 18.4. The summed E-state index contributed by atoms with van der Waals surface area (Å²) >= 11 is 0. The smallest absolute Gasteiger partial charge is 0.344 e. The molecular weight excluding hydrogens is 480 g/mol. The summed E-state index contributed by atoms with van der Waals surface area (Å²) in [6.45, 7) is 8.77. The minimum absolute atomic E-state index is 0.176. The lowest BCUT2D eigenvalue weighted by Gasteiger charge is -2.18. The third-order valence-corrected chi connectivity index (χ3v) is 6.52. The zero-order valence-electron chi connectivity index (χ0n) is 23.4. The van der Waals surface area contributed by atoms with Crippen molar-refractivity contribution in [3.05, 3.63) is 47.5 Å². The minimum Gasteiger partial charge on any atom is -0.481 e. The molecule has 0 N–H and O–H groups in total. The molecule has 0 spiro atoms. The Balaban J connectivity index is 1.83. The zero-order chi connectivity index (χ0) is 27.3.